The summed E-state index contributed by atoms with van der Waals surface area (Å²) in [5.74, 6) is 0.421. The van der Waals surface area contributed by atoms with E-state index in [1.165, 1.54) is 22.7 Å². The Hall–Kier alpha value is -2.96. The van der Waals surface area contributed by atoms with Gasteiger partial charge in [0.05, 0.1) is 6.20 Å². The van der Waals surface area contributed by atoms with Crippen LogP contribution in [0.5, 0.6) is 0 Å². The Balaban J connectivity index is 1.35. The maximum absolute atomic E-state index is 12.5. The Labute approximate surface area is 157 Å². The number of nitrogens with one attached hydrogen (secondary N) is 1. The number of carbonyl (C=O) groups is 1. The van der Waals surface area contributed by atoms with Gasteiger partial charge in [-0.3, -0.25) is 18.8 Å². The number of carbonyl (C=O) groups excluding carboxylic acids is 1. The van der Waals surface area contributed by atoms with Gasteiger partial charge < -0.3 is 5.32 Å². The molecule has 0 spiro atoms. The second-order valence-corrected chi connectivity index (χ2v) is 7.21. The third-order valence-electron chi connectivity index (χ3n) is 5.40. The Morgan fingerprint density at radius 3 is 2.67 bits per heavy atom. The number of nitrogens with zero attached hydrogens (tertiary/aromatic N) is 4. The van der Waals surface area contributed by atoms with Crippen molar-refractivity contribution >= 4 is 16.9 Å². The first-order valence-corrected chi connectivity index (χ1v) is 9.33. The molecule has 4 rings (SSSR count). The molecular formula is C20H23N5O2. The highest BCUT2D eigenvalue weighted by molar-refractivity contribution is 5.77. The number of aromatic nitrogens is 4. The lowest BCUT2D eigenvalue weighted by atomic mass is 9.82. The highest BCUT2D eigenvalue weighted by Gasteiger charge is 2.23. The van der Waals surface area contributed by atoms with E-state index in [0.29, 0.717) is 17.0 Å². The first-order chi connectivity index (χ1) is 13.1. The number of aryl methyl sites for hydroxylation is 1. The molecule has 7 heteroatoms. The molecule has 27 heavy (non-hydrogen) atoms. The van der Waals surface area contributed by atoms with Gasteiger partial charge in [-0.25, -0.2) is 4.98 Å². The lowest BCUT2D eigenvalue weighted by Crippen LogP contribution is -2.40. The molecule has 1 saturated carbocycles. The number of benzene rings is 1. The van der Waals surface area contributed by atoms with Crippen LogP contribution in [-0.2, 0) is 18.4 Å². The van der Waals surface area contributed by atoms with Gasteiger partial charge in [-0.15, -0.1) is 0 Å². The van der Waals surface area contributed by atoms with E-state index in [0.717, 1.165) is 25.7 Å². The van der Waals surface area contributed by atoms with Crippen molar-refractivity contribution < 1.29 is 4.79 Å². The number of amides is 1. The van der Waals surface area contributed by atoms with Crippen LogP contribution in [0.25, 0.3) is 11.0 Å². The number of fused-ring (bicyclic) bond motifs is 1. The van der Waals surface area contributed by atoms with Gasteiger partial charge in [-0.05, 0) is 37.2 Å². The van der Waals surface area contributed by atoms with Crippen molar-refractivity contribution in [3.8, 4) is 0 Å². The van der Waals surface area contributed by atoms with Crippen molar-refractivity contribution in [2.24, 2.45) is 7.05 Å². The number of hydrogen-bond donors (Lipinski definition) is 1. The van der Waals surface area contributed by atoms with Gasteiger partial charge in [-0.2, -0.15) is 5.10 Å². The highest BCUT2D eigenvalue weighted by atomic mass is 16.2. The maximum atomic E-state index is 12.5. The fraction of sp³-hybridized carbons (Fsp3) is 0.400. The van der Waals surface area contributed by atoms with E-state index in [1.807, 2.05) is 6.07 Å². The maximum Gasteiger partial charge on any atom is 0.264 e. The zero-order valence-corrected chi connectivity index (χ0v) is 15.3. The van der Waals surface area contributed by atoms with Crippen LogP contribution >= 0.6 is 0 Å². The van der Waals surface area contributed by atoms with E-state index < -0.39 is 0 Å². The van der Waals surface area contributed by atoms with Crippen molar-refractivity contribution in [2.45, 2.75) is 44.2 Å². The van der Waals surface area contributed by atoms with E-state index in [1.54, 1.807) is 11.7 Å². The van der Waals surface area contributed by atoms with Gasteiger partial charge in [0, 0.05) is 13.1 Å². The Kier molecular flexibility index (Phi) is 4.75. The van der Waals surface area contributed by atoms with Crippen molar-refractivity contribution in [1.82, 2.24) is 24.6 Å². The molecule has 1 aliphatic rings. The predicted molar refractivity (Wildman–Crippen MR) is 102 cm³/mol. The number of hydrogen-bond acceptors (Lipinski definition) is 4. The van der Waals surface area contributed by atoms with Crippen LogP contribution in [0.2, 0.25) is 0 Å². The topological polar surface area (TPSA) is 81.8 Å². The van der Waals surface area contributed by atoms with Crippen molar-refractivity contribution in [1.29, 1.82) is 0 Å². The van der Waals surface area contributed by atoms with Crippen molar-refractivity contribution in [3.63, 3.8) is 0 Å². The lowest BCUT2D eigenvalue weighted by Gasteiger charge is -2.29. The van der Waals surface area contributed by atoms with Gasteiger partial charge >= 0.3 is 0 Å². The third kappa shape index (κ3) is 3.63. The second-order valence-electron chi connectivity index (χ2n) is 7.21. The largest absolute Gasteiger partial charge is 0.352 e. The van der Waals surface area contributed by atoms with Crippen molar-refractivity contribution in [2.75, 3.05) is 0 Å². The average molecular weight is 365 g/mol. The quantitative estimate of drug-likeness (QED) is 0.766. The van der Waals surface area contributed by atoms with E-state index in [4.69, 9.17) is 0 Å². The lowest BCUT2D eigenvalue weighted by molar-refractivity contribution is -0.122. The van der Waals surface area contributed by atoms with E-state index >= 15 is 0 Å². The molecule has 1 fully saturated rings. The standard InChI is InChI=1S/C20H23N5O2/c1-24-19-17(11-22-24)20(27)25(13-21-19)12-18(26)23-16-9-7-15(8-10-16)14-5-3-2-4-6-14/h2-6,11,13,15-16H,7-10,12H2,1H3,(H,23,26). The van der Waals surface area contributed by atoms with Crippen LogP contribution in [-0.4, -0.2) is 31.3 Å². The van der Waals surface area contributed by atoms with Crippen molar-refractivity contribution in [3.05, 3.63) is 58.8 Å². The van der Waals surface area contributed by atoms with Crippen LogP contribution in [0.3, 0.4) is 0 Å². The third-order valence-corrected chi connectivity index (χ3v) is 5.40. The minimum atomic E-state index is -0.240. The Morgan fingerprint density at radius 2 is 1.93 bits per heavy atom. The fourth-order valence-corrected chi connectivity index (χ4v) is 3.90. The number of rotatable bonds is 4. The molecule has 1 amide bonds. The highest BCUT2D eigenvalue weighted by Crippen LogP contribution is 2.32. The van der Waals surface area contributed by atoms with Gasteiger partial charge in [0.25, 0.3) is 5.56 Å². The first-order valence-electron chi connectivity index (χ1n) is 9.33. The monoisotopic (exact) mass is 365 g/mol. The normalized spacial score (nSPS) is 19.9. The summed E-state index contributed by atoms with van der Waals surface area (Å²) in [6.45, 7) is -0.0186. The van der Waals surface area contributed by atoms with Gasteiger partial charge in [0.1, 0.15) is 18.3 Å². The summed E-state index contributed by atoms with van der Waals surface area (Å²) in [5.41, 5.74) is 1.66. The van der Waals surface area contributed by atoms with Gasteiger partial charge in [-0.1, -0.05) is 30.3 Å². The van der Waals surface area contributed by atoms with E-state index in [2.05, 4.69) is 39.7 Å². The minimum absolute atomic E-state index is 0.0186. The molecule has 7 nitrogen and oxygen atoms in total. The summed E-state index contributed by atoms with van der Waals surface area (Å²) >= 11 is 0. The fourth-order valence-electron chi connectivity index (χ4n) is 3.90. The first kappa shape index (κ1) is 17.5. The SMILES string of the molecule is Cn1ncc2c(=O)n(CC(=O)NC3CCC(c4ccccc4)CC3)cnc21. The summed E-state index contributed by atoms with van der Waals surface area (Å²) in [4.78, 5) is 29.1. The summed E-state index contributed by atoms with van der Waals surface area (Å²) in [5, 5.41) is 7.54. The zero-order valence-electron chi connectivity index (χ0n) is 15.3. The molecule has 140 valence electrons. The molecule has 0 radical (unpaired) electrons. The molecule has 3 aromatic rings. The average Bonchev–Trinajstić information content (AvgIpc) is 3.07. The summed E-state index contributed by atoms with van der Waals surface area (Å²) in [6, 6.07) is 10.7. The van der Waals surface area contributed by atoms with Crippen LogP contribution in [0.4, 0.5) is 0 Å². The molecule has 2 heterocycles. The van der Waals surface area contributed by atoms with E-state index in [-0.39, 0.29) is 24.1 Å². The summed E-state index contributed by atoms with van der Waals surface area (Å²) in [6.07, 6.45) is 6.96. The molecule has 0 aliphatic heterocycles. The minimum Gasteiger partial charge on any atom is -0.352 e. The molecule has 1 aliphatic carbocycles. The Morgan fingerprint density at radius 1 is 1.19 bits per heavy atom. The van der Waals surface area contributed by atoms with Gasteiger partial charge in [0.15, 0.2) is 5.65 Å². The molecule has 0 unspecified atom stereocenters. The van der Waals surface area contributed by atoms with Gasteiger partial charge in [0.2, 0.25) is 5.91 Å². The zero-order chi connectivity index (χ0) is 18.8. The smallest absolute Gasteiger partial charge is 0.264 e. The van der Waals surface area contributed by atoms with E-state index in [9.17, 15) is 9.59 Å². The van der Waals surface area contributed by atoms with Crippen LogP contribution in [0, 0.1) is 0 Å². The summed E-state index contributed by atoms with van der Waals surface area (Å²) < 4.78 is 2.89. The van der Waals surface area contributed by atoms with Crippen LogP contribution in [0.1, 0.15) is 37.2 Å². The second kappa shape index (κ2) is 7.34. The molecule has 1 aromatic carbocycles. The molecule has 1 N–H and O–H groups in total. The molecular weight excluding hydrogens is 342 g/mol. The van der Waals surface area contributed by atoms with Crippen LogP contribution in [0.15, 0.2) is 47.7 Å². The predicted octanol–water partition coefficient (Wildman–Crippen LogP) is 1.97. The molecule has 2 aromatic heterocycles. The molecule has 0 atom stereocenters. The Bertz CT molecular complexity index is 1000. The summed E-state index contributed by atoms with van der Waals surface area (Å²) in [7, 11) is 1.73. The van der Waals surface area contributed by atoms with Crippen LogP contribution < -0.4 is 10.9 Å². The molecule has 0 saturated heterocycles. The molecule has 0 bridgehead atoms.